The summed E-state index contributed by atoms with van der Waals surface area (Å²) >= 11 is 0. The van der Waals surface area contributed by atoms with Crippen LogP contribution in [0.3, 0.4) is 0 Å². The molecule has 1 unspecified atom stereocenters. The lowest BCUT2D eigenvalue weighted by atomic mass is 9.74. The van der Waals surface area contributed by atoms with E-state index in [0.29, 0.717) is 16.7 Å². The van der Waals surface area contributed by atoms with Crippen LogP contribution in [0.2, 0.25) is 0 Å². The second-order valence-corrected chi connectivity index (χ2v) is 11.4. The summed E-state index contributed by atoms with van der Waals surface area (Å²) in [4.78, 5) is 41.1. The molecule has 5 aromatic rings. The van der Waals surface area contributed by atoms with Gasteiger partial charge in [0.05, 0.1) is 6.42 Å². The highest BCUT2D eigenvalue weighted by Crippen LogP contribution is 2.47. The number of carbonyl (C=O) groups excluding carboxylic acids is 1. The van der Waals surface area contributed by atoms with Crippen molar-refractivity contribution in [3.63, 3.8) is 0 Å². The van der Waals surface area contributed by atoms with E-state index in [1.807, 2.05) is 140 Å². The van der Waals surface area contributed by atoms with Gasteiger partial charge in [-0.3, -0.25) is 9.69 Å². The Bertz CT molecular complexity index is 1790. The second-order valence-electron chi connectivity index (χ2n) is 11.4. The fourth-order valence-electron chi connectivity index (χ4n) is 6.69. The molecular weight excluding hydrogens is 578 g/mol. The molecule has 1 amide bonds. The number of fused-ring (bicyclic) bond motifs is 3. The number of aryl methyl sites for hydroxylation is 1. The molecule has 0 bridgehead atoms. The zero-order valence-corrected chi connectivity index (χ0v) is 25.2. The summed E-state index contributed by atoms with van der Waals surface area (Å²) < 4.78 is 6.14. The van der Waals surface area contributed by atoms with Crippen LogP contribution in [0.4, 0.5) is 4.79 Å². The lowest BCUT2D eigenvalue weighted by Gasteiger charge is -2.47. The minimum atomic E-state index is -1.78. The fraction of sp³-hybridized carbons (Fsp3) is 0.154. The summed E-state index contributed by atoms with van der Waals surface area (Å²) in [5, 5.41) is 20.6. The van der Waals surface area contributed by atoms with Crippen molar-refractivity contribution in [1.29, 1.82) is 0 Å². The molecular formula is C39H33NO6. The molecule has 0 radical (unpaired) electrons. The minimum Gasteiger partial charge on any atom is -0.481 e. The molecule has 0 spiro atoms. The maximum Gasteiger partial charge on any atom is 0.411 e. The predicted molar refractivity (Wildman–Crippen MR) is 175 cm³/mol. The number of nitrogens with zero attached hydrogens (tertiary/aromatic N) is 1. The van der Waals surface area contributed by atoms with Crippen LogP contribution in [-0.4, -0.2) is 45.8 Å². The Labute approximate surface area is 267 Å². The van der Waals surface area contributed by atoms with Crippen molar-refractivity contribution in [3.05, 3.63) is 167 Å². The standard InChI is InChI=1S/C39H33NO6/c1-26-20-22-29(23-21-26)39(27-12-4-2-5-13-27,28-14-6-3-7-15-28)40(35(37(43)44)24-36(41)42)38(45)46-25-34-32-18-10-8-16-30(32)31-17-9-11-19-33(31)34/h2-23,34-35H,24-25H2,1H3,(H,41,42)(H,43,44). The first-order valence-electron chi connectivity index (χ1n) is 15.1. The number of carboxylic acid groups (broad SMARTS) is 2. The molecule has 230 valence electrons. The van der Waals surface area contributed by atoms with Crippen LogP contribution in [0, 0.1) is 6.92 Å². The summed E-state index contributed by atoms with van der Waals surface area (Å²) in [6.45, 7) is 1.86. The first kappa shape index (κ1) is 30.3. The highest BCUT2D eigenvalue weighted by Gasteiger charge is 2.51. The van der Waals surface area contributed by atoms with E-state index in [4.69, 9.17) is 4.74 Å². The van der Waals surface area contributed by atoms with E-state index < -0.39 is 36.0 Å². The minimum absolute atomic E-state index is 0.0731. The van der Waals surface area contributed by atoms with Crippen LogP contribution in [0.15, 0.2) is 133 Å². The molecule has 1 atom stereocenters. The number of carbonyl (C=O) groups is 3. The van der Waals surface area contributed by atoms with Gasteiger partial charge in [0.1, 0.15) is 18.2 Å². The van der Waals surface area contributed by atoms with Gasteiger partial charge >= 0.3 is 18.0 Å². The van der Waals surface area contributed by atoms with Crippen molar-refractivity contribution < 1.29 is 29.3 Å². The molecule has 0 heterocycles. The maximum atomic E-state index is 14.7. The van der Waals surface area contributed by atoms with Gasteiger partial charge in [-0.15, -0.1) is 0 Å². The van der Waals surface area contributed by atoms with Gasteiger partial charge in [0, 0.05) is 5.92 Å². The molecule has 7 heteroatoms. The number of aliphatic carboxylic acids is 2. The fourth-order valence-corrected chi connectivity index (χ4v) is 6.69. The van der Waals surface area contributed by atoms with Crippen molar-refractivity contribution >= 4 is 18.0 Å². The third-order valence-corrected chi connectivity index (χ3v) is 8.71. The van der Waals surface area contributed by atoms with Crippen LogP contribution in [0.25, 0.3) is 11.1 Å². The highest BCUT2D eigenvalue weighted by molar-refractivity contribution is 5.86. The topological polar surface area (TPSA) is 104 Å². The molecule has 0 fully saturated rings. The average Bonchev–Trinajstić information content (AvgIpc) is 3.40. The number of benzene rings is 5. The summed E-state index contributed by atoms with van der Waals surface area (Å²) in [5.74, 6) is -3.11. The van der Waals surface area contributed by atoms with Gasteiger partial charge in [-0.25, -0.2) is 9.59 Å². The molecule has 0 saturated heterocycles. The van der Waals surface area contributed by atoms with Gasteiger partial charge in [-0.1, -0.05) is 139 Å². The number of carboxylic acids is 2. The van der Waals surface area contributed by atoms with Crippen LogP contribution < -0.4 is 0 Å². The Balaban J connectivity index is 1.55. The van der Waals surface area contributed by atoms with Gasteiger partial charge in [0.15, 0.2) is 0 Å². The molecule has 2 N–H and O–H groups in total. The normalized spacial score (nSPS) is 12.9. The van der Waals surface area contributed by atoms with E-state index >= 15 is 0 Å². The molecule has 0 aliphatic heterocycles. The van der Waals surface area contributed by atoms with Crippen LogP contribution in [0.5, 0.6) is 0 Å². The predicted octanol–water partition coefficient (Wildman–Crippen LogP) is 7.47. The molecule has 0 aromatic heterocycles. The Morgan fingerprint density at radius 2 is 1.13 bits per heavy atom. The van der Waals surface area contributed by atoms with Crippen molar-refractivity contribution in [2.75, 3.05) is 6.61 Å². The summed E-state index contributed by atoms with van der Waals surface area (Å²) in [7, 11) is 0. The van der Waals surface area contributed by atoms with E-state index in [-0.39, 0.29) is 12.5 Å². The van der Waals surface area contributed by atoms with Crippen molar-refractivity contribution in [2.45, 2.75) is 30.8 Å². The number of ether oxygens (including phenoxy) is 1. The maximum absolute atomic E-state index is 14.7. The molecule has 5 aromatic carbocycles. The van der Waals surface area contributed by atoms with E-state index in [0.717, 1.165) is 32.7 Å². The summed E-state index contributed by atoms with van der Waals surface area (Å²) in [6, 6.07) is 39.7. The molecule has 0 saturated carbocycles. The molecule has 7 nitrogen and oxygen atoms in total. The van der Waals surface area contributed by atoms with Crippen LogP contribution >= 0.6 is 0 Å². The molecule has 46 heavy (non-hydrogen) atoms. The first-order chi connectivity index (χ1) is 22.3. The van der Waals surface area contributed by atoms with Gasteiger partial charge in [-0.2, -0.15) is 0 Å². The summed E-state index contributed by atoms with van der Waals surface area (Å²) in [5.41, 5.74) is 5.23. The number of hydrogen-bond donors (Lipinski definition) is 2. The monoisotopic (exact) mass is 611 g/mol. The lowest BCUT2D eigenvalue weighted by molar-refractivity contribution is -0.150. The molecule has 1 aliphatic rings. The molecule has 6 rings (SSSR count). The Morgan fingerprint density at radius 3 is 1.61 bits per heavy atom. The van der Waals surface area contributed by atoms with Gasteiger partial charge in [0.25, 0.3) is 0 Å². The Hall–Kier alpha value is -5.69. The number of amides is 1. The van der Waals surface area contributed by atoms with Crippen molar-refractivity contribution in [1.82, 2.24) is 4.90 Å². The largest absolute Gasteiger partial charge is 0.481 e. The first-order valence-corrected chi connectivity index (χ1v) is 15.1. The van der Waals surface area contributed by atoms with Crippen molar-refractivity contribution in [3.8, 4) is 11.1 Å². The van der Waals surface area contributed by atoms with Crippen LogP contribution in [0.1, 0.15) is 45.7 Å². The SMILES string of the molecule is Cc1ccc(C(c2ccccc2)(c2ccccc2)N(C(=O)OCC2c3ccccc3-c3ccccc32)C(CC(=O)O)C(=O)O)cc1. The van der Waals surface area contributed by atoms with E-state index in [1.165, 1.54) is 0 Å². The van der Waals surface area contributed by atoms with E-state index in [9.17, 15) is 24.6 Å². The Kier molecular flexibility index (Phi) is 8.40. The van der Waals surface area contributed by atoms with Gasteiger partial charge in [-0.05, 0) is 45.9 Å². The number of hydrogen-bond acceptors (Lipinski definition) is 4. The zero-order chi connectivity index (χ0) is 32.3. The van der Waals surface area contributed by atoms with E-state index in [1.54, 1.807) is 0 Å². The smallest absolute Gasteiger partial charge is 0.411 e. The second kappa shape index (κ2) is 12.7. The highest BCUT2D eigenvalue weighted by atomic mass is 16.6. The van der Waals surface area contributed by atoms with Crippen molar-refractivity contribution in [2.24, 2.45) is 0 Å². The third kappa shape index (κ3) is 5.41. The summed E-state index contributed by atoms with van der Waals surface area (Å²) in [6.07, 6.45) is -1.78. The van der Waals surface area contributed by atoms with Gasteiger partial charge in [0.2, 0.25) is 0 Å². The number of rotatable bonds is 10. The Morgan fingerprint density at radius 1 is 0.674 bits per heavy atom. The van der Waals surface area contributed by atoms with Crippen LogP contribution in [-0.2, 0) is 19.9 Å². The molecule has 1 aliphatic carbocycles. The zero-order valence-electron chi connectivity index (χ0n) is 25.2. The van der Waals surface area contributed by atoms with Gasteiger partial charge < -0.3 is 14.9 Å². The third-order valence-electron chi connectivity index (χ3n) is 8.71. The lowest BCUT2D eigenvalue weighted by Crippen LogP contribution is -2.59. The quantitative estimate of drug-likeness (QED) is 0.159. The average molecular weight is 612 g/mol. The van der Waals surface area contributed by atoms with E-state index in [2.05, 4.69) is 0 Å².